The molecule has 0 rings (SSSR count). The Morgan fingerprint density at radius 3 is 1.75 bits per heavy atom. The van der Waals surface area contributed by atoms with Gasteiger partial charge in [0.1, 0.15) is 0 Å². The first-order valence-electron chi connectivity index (χ1n) is 7.25. The summed E-state index contributed by atoms with van der Waals surface area (Å²) in [4.78, 5) is 0. The molecule has 0 aromatic rings. The highest BCUT2D eigenvalue weighted by Crippen LogP contribution is 2.32. The van der Waals surface area contributed by atoms with Gasteiger partial charge in [-0.3, -0.25) is 0 Å². The molecule has 1 unspecified atom stereocenters. The Hall–Kier alpha value is 0.584. The maximum absolute atomic E-state index is 5.86. The van der Waals surface area contributed by atoms with Gasteiger partial charge in [-0.05, 0) is 31.8 Å². The van der Waals surface area contributed by atoms with E-state index in [1.165, 1.54) is 0 Å². The minimum absolute atomic E-state index is 0.152. The summed E-state index contributed by atoms with van der Waals surface area (Å²) in [5, 5.41) is 0. The molecule has 0 bridgehead atoms. The fourth-order valence-electron chi connectivity index (χ4n) is 2.01. The molecule has 0 aliphatic rings. The summed E-state index contributed by atoms with van der Waals surface area (Å²) >= 11 is 0. The molecule has 0 aromatic carbocycles. The summed E-state index contributed by atoms with van der Waals surface area (Å²) < 4.78 is 28.1. The Labute approximate surface area is 129 Å². The van der Waals surface area contributed by atoms with E-state index in [9.17, 15) is 0 Å². The van der Waals surface area contributed by atoms with Crippen LogP contribution in [0.2, 0.25) is 6.04 Å². The van der Waals surface area contributed by atoms with Gasteiger partial charge in [0.15, 0.2) is 0 Å². The van der Waals surface area contributed by atoms with E-state index in [2.05, 4.69) is 6.92 Å². The zero-order valence-corrected chi connectivity index (χ0v) is 16.9. The molecule has 0 spiro atoms. The van der Waals surface area contributed by atoms with Crippen molar-refractivity contribution >= 4 is 27.6 Å². The van der Waals surface area contributed by atoms with Crippen molar-refractivity contribution in [3.8, 4) is 0 Å². The topological polar surface area (TPSA) is 46.2 Å². The Kier molecular flexibility index (Phi) is 12.5. The predicted molar refractivity (Wildman–Crippen MR) is 91.0 cm³/mol. The molecule has 5 nitrogen and oxygen atoms in total. The lowest BCUT2D eigenvalue weighted by Gasteiger charge is -2.29. The molecule has 0 N–H and O–H groups in total. The largest absolute Gasteiger partial charge is 0.500 e. The molecule has 124 valence electrons. The molecular formula is C12H32O5SSi2. The normalized spacial score (nSPS) is 14.8. The molecule has 20 heavy (non-hydrogen) atoms. The maximum atomic E-state index is 5.86. The van der Waals surface area contributed by atoms with Gasteiger partial charge < -0.3 is 22.1 Å². The number of rotatable bonds is 13. The predicted octanol–water partition coefficient (Wildman–Crippen LogP) is 2.07. The third kappa shape index (κ3) is 7.03. The van der Waals surface area contributed by atoms with E-state index in [0.717, 1.165) is 37.2 Å². The van der Waals surface area contributed by atoms with Gasteiger partial charge in [-0.2, -0.15) is 0 Å². The van der Waals surface area contributed by atoms with Crippen molar-refractivity contribution in [1.29, 1.82) is 0 Å². The quantitative estimate of drug-likeness (QED) is 0.409. The Morgan fingerprint density at radius 1 is 0.900 bits per heavy atom. The first-order valence-corrected chi connectivity index (χ1v) is 13.5. The number of thiol groups is 1. The van der Waals surface area contributed by atoms with Crippen LogP contribution < -0.4 is 0 Å². The second kappa shape index (κ2) is 12.2. The highest BCUT2D eigenvalue weighted by Gasteiger charge is 2.37. The van der Waals surface area contributed by atoms with Crippen molar-refractivity contribution in [3.05, 3.63) is 0 Å². The van der Waals surface area contributed by atoms with Crippen LogP contribution in [0.25, 0.3) is 0 Å². The second-order valence-electron chi connectivity index (χ2n) is 4.25. The van der Waals surface area contributed by atoms with E-state index >= 15 is 0 Å². The average Bonchev–Trinajstić information content (AvgIpc) is 2.48. The van der Waals surface area contributed by atoms with Crippen LogP contribution >= 0.6 is 10.3 Å². The van der Waals surface area contributed by atoms with Crippen molar-refractivity contribution in [2.24, 2.45) is 0 Å². The summed E-state index contributed by atoms with van der Waals surface area (Å²) in [6, 6.07) is 0.856. The van der Waals surface area contributed by atoms with Crippen LogP contribution in [0.5, 0.6) is 0 Å². The van der Waals surface area contributed by atoms with Crippen molar-refractivity contribution in [2.45, 2.75) is 33.2 Å². The van der Waals surface area contributed by atoms with Gasteiger partial charge in [-0.1, -0.05) is 6.92 Å². The Morgan fingerprint density at radius 2 is 1.40 bits per heavy atom. The molecule has 0 heterocycles. The van der Waals surface area contributed by atoms with Gasteiger partial charge in [0.25, 0.3) is 0 Å². The van der Waals surface area contributed by atoms with Crippen molar-refractivity contribution in [2.75, 3.05) is 46.0 Å². The van der Waals surface area contributed by atoms with Crippen LogP contribution in [-0.4, -0.2) is 63.3 Å². The minimum Gasteiger partial charge on any atom is -0.390 e. The Bertz CT molecular complexity index is 218. The van der Waals surface area contributed by atoms with Crippen molar-refractivity contribution in [3.63, 3.8) is 0 Å². The average molecular weight is 345 g/mol. The smallest absolute Gasteiger partial charge is 0.390 e. The van der Waals surface area contributed by atoms with E-state index < -0.39 is 17.2 Å². The van der Waals surface area contributed by atoms with Crippen molar-refractivity contribution in [1.82, 2.24) is 0 Å². The molecule has 0 aromatic heterocycles. The van der Waals surface area contributed by atoms with E-state index in [1.807, 2.05) is 13.8 Å². The van der Waals surface area contributed by atoms with Crippen LogP contribution in [0.15, 0.2) is 0 Å². The number of hydrogen-bond donors (Lipinski definition) is 1. The van der Waals surface area contributed by atoms with Crippen LogP contribution in [-0.2, 0) is 22.1 Å². The second-order valence-corrected chi connectivity index (χ2v) is 14.3. The zero-order valence-electron chi connectivity index (χ0n) is 13.8. The highest BCUT2D eigenvalue weighted by atomic mass is 32.4. The summed E-state index contributed by atoms with van der Waals surface area (Å²) in [5.41, 5.74) is 0. The highest BCUT2D eigenvalue weighted by molar-refractivity contribution is 8.38. The minimum atomic E-state index is -2.42. The fourth-order valence-corrected chi connectivity index (χ4v) is 10.7. The van der Waals surface area contributed by atoms with Gasteiger partial charge in [0, 0.05) is 40.6 Å². The third-order valence-corrected chi connectivity index (χ3v) is 14.1. The monoisotopic (exact) mass is 344 g/mol. The molecule has 0 fully saturated rings. The van der Waals surface area contributed by atoms with E-state index in [-0.39, 0.29) is 10.3 Å². The first kappa shape index (κ1) is 20.6. The molecule has 1 atom stereocenters. The van der Waals surface area contributed by atoms with E-state index in [1.54, 1.807) is 21.3 Å². The summed E-state index contributed by atoms with van der Waals surface area (Å²) in [7, 11) is 0.920. The molecule has 0 radical (unpaired) electrons. The molecular weight excluding hydrogens is 312 g/mol. The summed E-state index contributed by atoms with van der Waals surface area (Å²) in [5.74, 6) is 2.31. The standard InChI is InChI=1S/C12H32O5SSi2/c1-7-16-19(17-8-2)18(9-3)11-10-12-20(13-4,14-5)15-6/h18-19H,7-12H2,1-6H3. The fraction of sp³-hybridized carbons (Fsp3) is 1.00. The third-order valence-electron chi connectivity index (χ3n) is 3.18. The lowest BCUT2D eigenvalue weighted by molar-refractivity contribution is 0.123. The first-order chi connectivity index (χ1) is 9.62. The molecule has 0 aliphatic heterocycles. The van der Waals surface area contributed by atoms with Gasteiger partial charge in [-0.15, -0.1) is 0 Å². The lowest BCUT2D eigenvalue weighted by Crippen LogP contribution is -2.42. The van der Waals surface area contributed by atoms with Crippen LogP contribution in [0, 0.1) is 0 Å². The summed E-state index contributed by atoms with van der Waals surface area (Å²) in [6.45, 7) is 7.82. The van der Waals surface area contributed by atoms with Crippen LogP contribution in [0.4, 0.5) is 0 Å². The van der Waals surface area contributed by atoms with Crippen LogP contribution in [0.1, 0.15) is 27.2 Å². The molecule has 0 amide bonds. The molecule has 0 saturated carbocycles. The van der Waals surface area contributed by atoms with Crippen molar-refractivity contribution < 1.29 is 22.1 Å². The van der Waals surface area contributed by atoms with Gasteiger partial charge in [0.05, 0.1) is 0 Å². The van der Waals surface area contributed by atoms with Gasteiger partial charge in [0.2, 0.25) is 0 Å². The Balaban J connectivity index is 4.35. The van der Waals surface area contributed by atoms with Gasteiger partial charge in [-0.25, -0.2) is 10.3 Å². The SMILES string of the molecule is CCO[SiH](OCC)[SH](CC)CCC[Si](OC)(OC)OC. The van der Waals surface area contributed by atoms with Gasteiger partial charge >= 0.3 is 17.2 Å². The molecule has 0 saturated heterocycles. The zero-order chi connectivity index (χ0) is 15.4. The summed E-state index contributed by atoms with van der Waals surface area (Å²) in [6.07, 6.45) is 1.05. The van der Waals surface area contributed by atoms with E-state index in [4.69, 9.17) is 22.1 Å². The maximum Gasteiger partial charge on any atom is 0.500 e. The molecule has 8 heteroatoms. The number of hydrogen-bond acceptors (Lipinski definition) is 5. The lowest BCUT2D eigenvalue weighted by atomic mass is 10.6. The van der Waals surface area contributed by atoms with E-state index in [0.29, 0.717) is 0 Å². The van der Waals surface area contributed by atoms with Crippen LogP contribution in [0.3, 0.4) is 0 Å². The molecule has 0 aliphatic carbocycles.